The summed E-state index contributed by atoms with van der Waals surface area (Å²) in [7, 11) is 0. The first-order chi connectivity index (χ1) is 16.2. The lowest BCUT2D eigenvalue weighted by Gasteiger charge is -2.64. The summed E-state index contributed by atoms with van der Waals surface area (Å²) in [6, 6.07) is 0. The number of hydrogen-bond donors (Lipinski definition) is 6. The van der Waals surface area contributed by atoms with Crippen LogP contribution in [0.25, 0.3) is 0 Å². The minimum Gasteiger partial charge on any atom is -0.480 e. The molecule has 7 N–H and O–H groups in total. The smallest absolute Gasteiger partial charge is 0.331 e. The molecule has 4 fully saturated rings. The van der Waals surface area contributed by atoms with Crippen LogP contribution in [0.15, 0.2) is 0 Å². The molecule has 0 aromatic carbocycles. The summed E-state index contributed by atoms with van der Waals surface area (Å²) in [6.07, 6.45) is 1.99. The first-order valence-corrected chi connectivity index (χ1v) is 13.4. The Balaban J connectivity index is 1.55. The van der Waals surface area contributed by atoms with Crippen molar-refractivity contribution in [3.8, 4) is 0 Å². The molecule has 0 aromatic rings. The molecule has 4 aliphatic carbocycles. The number of rotatable bonds is 6. The SMILES string of the molecule is C[C@H](CCC(=O)C(C)(N)C(=O)O)[C@H]1CC[C@H]2[C@@H]3C(O)CC4CC(O)CC(O)[C@]4(C)[C@H]3CC(O)[C@]12C. The molecule has 4 saturated carbocycles. The number of hydrogen-bond acceptors (Lipinski definition) is 7. The third-order valence-electron chi connectivity index (χ3n) is 11.5. The van der Waals surface area contributed by atoms with Gasteiger partial charge in [-0.3, -0.25) is 4.79 Å². The number of carboxylic acid groups (broad SMARTS) is 1. The van der Waals surface area contributed by atoms with Crippen molar-refractivity contribution in [1.29, 1.82) is 0 Å². The normalized spacial score (nSPS) is 49.8. The molecule has 0 bridgehead atoms. The molecule has 8 heteroatoms. The van der Waals surface area contributed by atoms with E-state index in [1.165, 1.54) is 6.92 Å². The lowest BCUT2D eigenvalue weighted by Crippen LogP contribution is -2.65. The molecule has 0 heterocycles. The Morgan fingerprint density at radius 2 is 1.60 bits per heavy atom. The summed E-state index contributed by atoms with van der Waals surface area (Å²) in [5.41, 5.74) is 2.96. The maximum absolute atomic E-state index is 12.5. The van der Waals surface area contributed by atoms with E-state index in [1.807, 2.05) is 0 Å². The minimum absolute atomic E-state index is 0.0176. The Hall–Kier alpha value is -1.06. The predicted molar refractivity (Wildman–Crippen MR) is 129 cm³/mol. The highest BCUT2D eigenvalue weighted by Gasteiger charge is 2.67. The number of carbonyl (C=O) groups is 2. The quantitative estimate of drug-likeness (QED) is 0.304. The van der Waals surface area contributed by atoms with Gasteiger partial charge in [0.2, 0.25) is 0 Å². The Kier molecular flexibility index (Phi) is 6.98. The second-order valence-corrected chi connectivity index (χ2v) is 13.0. The van der Waals surface area contributed by atoms with Gasteiger partial charge in [0, 0.05) is 6.42 Å². The first-order valence-electron chi connectivity index (χ1n) is 13.4. The van der Waals surface area contributed by atoms with Crippen LogP contribution >= 0.6 is 0 Å². The van der Waals surface area contributed by atoms with Crippen LogP contribution in [0.2, 0.25) is 0 Å². The molecule has 0 saturated heterocycles. The molecular weight excluding hydrogens is 450 g/mol. The van der Waals surface area contributed by atoms with Gasteiger partial charge in [0.15, 0.2) is 11.3 Å². The molecular formula is C27H45NO7. The Bertz CT molecular complexity index is 847. The summed E-state index contributed by atoms with van der Waals surface area (Å²) >= 11 is 0. The average Bonchev–Trinajstić information content (AvgIpc) is 3.12. The van der Waals surface area contributed by atoms with E-state index in [9.17, 15) is 35.1 Å². The topological polar surface area (TPSA) is 161 Å². The zero-order valence-corrected chi connectivity index (χ0v) is 21.6. The molecule has 4 rings (SSSR count). The van der Waals surface area contributed by atoms with Gasteiger partial charge >= 0.3 is 5.97 Å². The third kappa shape index (κ3) is 3.99. The van der Waals surface area contributed by atoms with Crippen molar-refractivity contribution in [3.05, 3.63) is 0 Å². The fourth-order valence-electron chi connectivity index (χ4n) is 9.14. The van der Waals surface area contributed by atoms with Crippen LogP contribution in [0.5, 0.6) is 0 Å². The van der Waals surface area contributed by atoms with Crippen LogP contribution in [0.1, 0.15) is 79.1 Å². The van der Waals surface area contributed by atoms with Gasteiger partial charge in [-0.1, -0.05) is 20.8 Å². The lowest BCUT2D eigenvalue weighted by atomic mass is 9.42. The lowest BCUT2D eigenvalue weighted by molar-refractivity contribution is -0.234. The van der Waals surface area contributed by atoms with E-state index in [2.05, 4.69) is 20.8 Å². The molecule has 35 heavy (non-hydrogen) atoms. The number of fused-ring (bicyclic) bond motifs is 5. The van der Waals surface area contributed by atoms with Gasteiger partial charge in [0.1, 0.15) is 0 Å². The predicted octanol–water partition coefficient (Wildman–Crippen LogP) is 1.71. The number of nitrogens with two attached hydrogens (primary N) is 1. The van der Waals surface area contributed by atoms with Crippen LogP contribution < -0.4 is 5.73 Å². The minimum atomic E-state index is -1.90. The van der Waals surface area contributed by atoms with Gasteiger partial charge in [0.25, 0.3) is 0 Å². The summed E-state index contributed by atoms with van der Waals surface area (Å²) in [6.45, 7) is 7.53. The summed E-state index contributed by atoms with van der Waals surface area (Å²) in [5, 5.41) is 53.6. The highest BCUT2D eigenvalue weighted by atomic mass is 16.4. The first kappa shape index (κ1) is 27.0. The Labute approximate surface area is 208 Å². The van der Waals surface area contributed by atoms with Crippen LogP contribution in [-0.2, 0) is 9.59 Å². The molecule has 0 spiro atoms. The van der Waals surface area contributed by atoms with Crippen molar-refractivity contribution >= 4 is 11.8 Å². The van der Waals surface area contributed by atoms with Crippen molar-refractivity contribution in [2.75, 3.05) is 0 Å². The molecule has 8 nitrogen and oxygen atoms in total. The van der Waals surface area contributed by atoms with Crippen molar-refractivity contribution < 1.29 is 35.1 Å². The van der Waals surface area contributed by atoms with Crippen LogP contribution in [0.4, 0.5) is 0 Å². The van der Waals surface area contributed by atoms with Crippen molar-refractivity contribution in [1.82, 2.24) is 0 Å². The van der Waals surface area contributed by atoms with E-state index >= 15 is 0 Å². The second kappa shape index (κ2) is 9.05. The molecule has 4 aliphatic rings. The molecule has 6 unspecified atom stereocenters. The number of carbonyl (C=O) groups excluding carboxylic acids is 1. The van der Waals surface area contributed by atoms with E-state index in [0.717, 1.165) is 12.8 Å². The second-order valence-electron chi connectivity index (χ2n) is 13.0. The summed E-state index contributed by atoms with van der Waals surface area (Å²) in [4.78, 5) is 23.8. The maximum Gasteiger partial charge on any atom is 0.331 e. The van der Waals surface area contributed by atoms with Crippen LogP contribution in [0.3, 0.4) is 0 Å². The number of aliphatic hydroxyl groups is 4. The molecule has 0 amide bonds. The van der Waals surface area contributed by atoms with E-state index in [-0.39, 0.29) is 41.9 Å². The van der Waals surface area contributed by atoms with Gasteiger partial charge in [-0.25, -0.2) is 4.79 Å². The summed E-state index contributed by atoms with van der Waals surface area (Å²) < 4.78 is 0. The van der Waals surface area contributed by atoms with E-state index in [1.54, 1.807) is 0 Å². The Morgan fingerprint density at radius 1 is 0.971 bits per heavy atom. The van der Waals surface area contributed by atoms with Crippen LogP contribution in [-0.4, -0.2) is 67.2 Å². The standard InChI is InChI=1S/C27H45NO7/c1-13(5-8-20(31)27(4,28)24(34)35)16-6-7-17-23-18(12-22(33)26(16,17)3)25(2)14(10-19(23)30)9-15(29)11-21(25)32/h13-19,21-23,29-30,32-33H,5-12,28H2,1-4H3,(H,34,35)/t13-,14?,15?,16-,17+,18+,19?,21?,22?,23+,25+,26-,27?/m1/s1. The number of carboxylic acids is 1. The highest BCUT2D eigenvalue weighted by Crippen LogP contribution is 2.68. The molecule has 0 aromatic heterocycles. The van der Waals surface area contributed by atoms with E-state index in [0.29, 0.717) is 32.1 Å². The van der Waals surface area contributed by atoms with E-state index in [4.69, 9.17) is 5.73 Å². The molecule has 0 aliphatic heterocycles. The molecule has 200 valence electrons. The monoisotopic (exact) mass is 495 g/mol. The fraction of sp³-hybridized carbons (Fsp3) is 0.926. The number of aliphatic carboxylic acids is 1. The van der Waals surface area contributed by atoms with Gasteiger partial charge in [-0.2, -0.15) is 0 Å². The van der Waals surface area contributed by atoms with Crippen molar-refractivity contribution in [3.63, 3.8) is 0 Å². The largest absolute Gasteiger partial charge is 0.480 e. The van der Waals surface area contributed by atoms with E-state index < -0.39 is 52.5 Å². The number of aliphatic hydroxyl groups excluding tert-OH is 4. The van der Waals surface area contributed by atoms with Gasteiger partial charge in [-0.15, -0.1) is 0 Å². The zero-order valence-electron chi connectivity index (χ0n) is 21.6. The highest BCUT2D eigenvalue weighted by molar-refractivity contribution is 6.06. The van der Waals surface area contributed by atoms with Crippen LogP contribution in [0, 0.1) is 46.3 Å². The maximum atomic E-state index is 12.5. The number of ketones is 1. The average molecular weight is 496 g/mol. The van der Waals surface area contributed by atoms with Crippen molar-refractivity contribution in [2.45, 2.75) is 109 Å². The third-order valence-corrected chi connectivity index (χ3v) is 11.5. The van der Waals surface area contributed by atoms with Gasteiger partial charge < -0.3 is 31.3 Å². The summed E-state index contributed by atoms with van der Waals surface area (Å²) in [5.74, 6) is -1.50. The fourth-order valence-corrected chi connectivity index (χ4v) is 9.14. The Morgan fingerprint density at radius 3 is 2.23 bits per heavy atom. The molecule has 0 radical (unpaired) electrons. The molecule has 13 atom stereocenters. The van der Waals surface area contributed by atoms with Gasteiger partial charge in [0.05, 0.1) is 24.4 Å². The van der Waals surface area contributed by atoms with Gasteiger partial charge in [-0.05, 0) is 98.2 Å². The zero-order chi connectivity index (χ0) is 26.1. The van der Waals surface area contributed by atoms with Crippen molar-refractivity contribution in [2.24, 2.45) is 52.1 Å². The number of Topliss-reactive ketones (excluding diaryl/α,β-unsaturated/α-hetero) is 1.